The van der Waals surface area contributed by atoms with Gasteiger partial charge in [0.05, 0.1) is 0 Å². The van der Waals surface area contributed by atoms with E-state index >= 15 is 0 Å². The molecule has 0 aliphatic heterocycles. The average molecular weight is 292 g/mol. The Bertz CT molecular complexity index is 607. The van der Waals surface area contributed by atoms with Gasteiger partial charge in [0.1, 0.15) is 4.88 Å². The summed E-state index contributed by atoms with van der Waals surface area (Å²) < 4.78 is 1.03. The number of benzene rings is 1. The number of fused-ring (bicyclic) bond motifs is 1. The van der Waals surface area contributed by atoms with E-state index in [1.54, 1.807) is 0 Å². The maximum Gasteiger partial charge on any atom is 0.346 e. The van der Waals surface area contributed by atoms with Gasteiger partial charge in [-0.05, 0) is 38.0 Å². The van der Waals surface area contributed by atoms with Crippen molar-refractivity contribution in [3.8, 4) is 0 Å². The predicted molar refractivity (Wildman–Crippen MR) is 83.6 cm³/mol. The van der Waals surface area contributed by atoms with Crippen LogP contribution in [-0.4, -0.2) is 42.7 Å². The van der Waals surface area contributed by atoms with Gasteiger partial charge in [0, 0.05) is 23.8 Å². The van der Waals surface area contributed by atoms with Crippen LogP contribution in [0.3, 0.4) is 0 Å². The lowest BCUT2D eigenvalue weighted by Crippen LogP contribution is -2.35. The number of carbonyl (C=O) groups is 1. The minimum atomic E-state index is -0.844. The molecule has 0 saturated heterocycles. The molecular weight excluding hydrogens is 272 g/mol. The van der Waals surface area contributed by atoms with Crippen molar-refractivity contribution in [2.45, 2.75) is 19.5 Å². The van der Waals surface area contributed by atoms with Gasteiger partial charge >= 0.3 is 5.97 Å². The zero-order chi connectivity index (χ0) is 14.7. The molecule has 0 aliphatic carbocycles. The molecule has 2 rings (SSSR count). The van der Waals surface area contributed by atoms with Gasteiger partial charge in [0.25, 0.3) is 0 Å². The van der Waals surface area contributed by atoms with Gasteiger partial charge < -0.3 is 15.3 Å². The van der Waals surface area contributed by atoms with Crippen molar-refractivity contribution in [1.82, 2.24) is 10.2 Å². The first-order chi connectivity index (χ1) is 9.49. The van der Waals surface area contributed by atoms with E-state index in [1.807, 2.05) is 38.4 Å². The summed E-state index contributed by atoms with van der Waals surface area (Å²) in [5.41, 5.74) is 0.892. The molecule has 5 heteroatoms. The van der Waals surface area contributed by atoms with E-state index in [-0.39, 0.29) is 0 Å². The molecule has 0 bridgehead atoms. The van der Waals surface area contributed by atoms with Crippen LogP contribution in [0, 0.1) is 0 Å². The highest BCUT2D eigenvalue weighted by atomic mass is 32.1. The van der Waals surface area contributed by atoms with E-state index in [2.05, 4.69) is 17.1 Å². The minimum absolute atomic E-state index is 0.310. The summed E-state index contributed by atoms with van der Waals surface area (Å²) in [6, 6.07) is 8.17. The highest BCUT2D eigenvalue weighted by Crippen LogP contribution is 2.31. The molecule has 1 atom stereocenters. The van der Waals surface area contributed by atoms with Crippen LogP contribution >= 0.6 is 11.3 Å². The molecule has 0 amide bonds. The Morgan fingerprint density at radius 1 is 1.40 bits per heavy atom. The third-order valence-electron chi connectivity index (χ3n) is 3.16. The van der Waals surface area contributed by atoms with Crippen LogP contribution < -0.4 is 5.32 Å². The lowest BCUT2D eigenvalue weighted by molar-refractivity contribution is 0.0701. The average Bonchev–Trinajstić information content (AvgIpc) is 2.74. The van der Waals surface area contributed by atoms with Crippen LogP contribution in [0.2, 0.25) is 0 Å². The van der Waals surface area contributed by atoms with Crippen molar-refractivity contribution >= 4 is 27.4 Å². The van der Waals surface area contributed by atoms with Crippen molar-refractivity contribution < 1.29 is 9.90 Å². The van der Waals surface area contributed by atoms with Crippen LogP contribution in [0.1, 0.15) is 22.2 Å². The molecule has 1 aromatic heterocycles. The Labute approximate surface area is 123 Å². The summed E-state index contributed by atoms with van der Waals surface area (Å²) in [6.45, 7) is 3.61. The summed E-state index contributed by atoms with van der Waals surface area (Å²) in [5.74, 6) is -0.844. The molecule has 0 saturated carbocycles. The normalized spacial score (nSPS) is 13.0. The van der Waals surface area contributed by atoms with E-state index < -0.39 is 5.97 Å². The molecule has 1 aromatic carbocycles. The maximum absolute atomic E-state index is 11.4. The van der Waals surface area contributed by atoms with Gasteiger partial charge in [-0.3, -0.25) is 0 Å². The largest absolute Gasteiger partial charge is 0.477 e. The fraction of sp³-hybridized carbons (Fsp3) is 0.400. The number of carboxylic acids is 1. The lowest BCUT2D eigenvalue weighted by Gasteiger charge is -2.18. The molecule has 0 spiro atoms. The molecule has 2 N–H and O–H groups in total. The van der Waals surface area contributed by atoms with Crippen molar-refractivity contribution in [2.75, 3.05) is 20.6 Å². The van der Waals surface area contributed by atoms with Gasteiger partial charge in [-0.1, -0.05) is 18.2 Å². The van der Waals surface area contributed by atoms with Crippen LogP contribution in [-0.2, 0) is 6.54 Å². The second-order valence-electron chi connectivity index (χ2n) is 5.26. The molecule has 0 aliphatic rings. The molecule has 1 heterocycles. The summed E-state index contributed by atoms with van der Waals surface area (Å²) in [5, 5.41) is 13.8. The number of nitrogens with one attached hydrogen (secondary N) is 1. The van der Waals surface area contributed by atoms with Crippen molar-refractivity contribution in [2.24, 2.45) is 0 Å². The first kappa shape index (κ1) is 15.0. The summed E-state index contributed by atoms with van der Waals surface area (Å²) >= 11 is 1.35. The molecule has 20 heavy (non-hydrogen) atoms. The van der Waals surface area contributed by atoms with Gasteiger partial charge in [0.2, 0.25) is 0 Å². The van der Waals surface area contributed by atoms with Gasteiger partial charge in [-0.2, -0.15) is 0 Å². The van der Waals surface area contributed by atoms with Crippen molar-refractivity contribution in [3.05, 3.63) is 34.7 Å². The summed E-state index contributed by atoms with van der Waals surface area (Å²) in [4.78, 5) is 13.9. The van der Waals surface area contributed by atoms with Crippen LogP contribution in [0.4, 0.5) is 0 Å². The Balaban J connectivity index is 2.23. The molecular formula is C15H20N2O2S. The number of rotatable bonds is 6. The second kappa shape index (κ2) is 6.35. The first-order valence-electron chi connectivity index (χ1n) is 6.61. The Morgan fingerprint density at radius 3 is 2.75 bits per heavy atom. The smallest absolute Gasteiger partial charge is 0.346 e. The number of hydrogen-bond acceptors (Lipinski definition) is 4. The monoisotopic (exact) mass is 292 g/mol. The van der Waals surface area contributed by atoms with Crippen molar-refractivity contribution in [3.63, 3.8) is 0 Å². The van der Waals surface area contributed by atoms with Crippen molar-refractivity contribution in [1.29, 1.82) is 0 Å². The van der Waals surface area contributed by atoms with E-state index in [4.69, 9.17) is 0 Å². The quantitative estimate of drug-likeness (QED) is 0.859. The molecule has 4 nitrogen and oxygen atoms in total. The van der Waals surface area contributed by atoms with Crippen LogP contribution in [0.15, 0.2) is 24.3 Å². The Hall–Kier alpha value is -1.43. The third kappa shape index (κ3) is 3.36. The summed E-state index contributed by atoms with van der Waals surface area (Å²) in [6.07, 6.45) is 0. The standard InChI is InChI=1S/C15H20N2O2S/c1-10(9-17(2)3)16-8-12-11-6-4-5-7-13(11)20-14(12)15(18)19/h4-7,10,16H,8-9H2,1-3H3,(H,18,19). The molecule has 2 aromatic rings. The predicted octanol–water partition coefficient (Wildman–Crippen LogP) is 2.64. The maximum atomic E-state index is 11.4. The number of aromatic carboxylic acids is 1. The number of carboxylic acid groups (broad SMARTS) is 1. The molecule has 1 unspecified atom stereocenters. The summed E-state index contributed by atoms with van der Waals surface area (Å²) in [7, 11) is 4.06. The number of thiophene rings is 1. The zero-order valence-corrected chi connectivity index (χ0v) is 12.8. The van der Waals surface area contributed by atoms with E-state index in [0.29, 0.717) is 17.5 Å². The number of likely N-dealkylation sites (N-methyl/N-ethyl adjacent to an activating group) is 1. The zero-order valence-electron chi connectivity index (χ0n) is 12.0. The molecule has 0 fully saturated rings. The lowest BCUT2D eigenvalue weighted by atomic mass is 10.1. The third-order valence-corrected chi connectivity index (χ3v) is 4.36. The minimum Gasteiger partial charge on any atom is -0.477 e. The number of hydrogen-bond donors (Lipinski definition) is 2. The SMILES string of the molecule is CC(CN(C)C)NCc1c(C(=O)O)sc2ccccc12. The van der Waals surface area contributed by atoms with Crippen LogP contribution in [0.25, 0.3) is 10.1 Å². The van der Waals surface area contributed by atoms with Crippen LogP contribution in [0.5, 0.6) is 0 Å². The topological polar surface area (TPSA) is 52.6 Å². The molecule has 0 radical (unpaired) electrons. The van der Waals surface area contributed by atoms with Gasteiger partial charge in [-0.25, -0.2) is 4.79 Å². The highest BCUT2D eigenvalue weighted by Gasteiger charge is 2.17. The fourth-order valence-electron chi connectivity index (χ4n) is 2.34. The van der Waals surface area contributed by atoms with E-state index in [0.717, 1.165) is 22.2 Å². The van der Waals surface area contributed by atoms with E-state index in [9.17, 15) is 9.90 Å². The fourth-order valence-corrected chi connectivity index (χ4v) is 3.40. The van der Waals surface area contributed by atoms with Gasteiger partial charge in [0.15, 0.2) is 0 Å². The molecule has 108 valence electrons. The Morgan fingerprint density at radius 2 is 2.10 bits per heavy atom. The highest BCUT2D eigenvalue weighted by molar-refractivity contribution is 7.21. The number of nitrogens with zero attached hydrogens (tertiary/aromatic N) is 1. The van der Waals surface area contributed by atoms with Gasteiger partial charge in [-0.15, -0.1) is 11.3 Å². The van der Waals surface area contributed by atoms with E-state index in [1.165, 1.54) is 11.3 Å². The first-order valence-corrected chi connectivity index (χ1v) is 7.42. The Kier molecular flexibility index (Phi) is 4.75. The second-order valence-corrected chi connectivity index (χ2v) is 6.31.